The Balaban J connectivity index is 1.53. The van der Waals surface area contributed by atoms with Gasteiger partial charge in [0, 0.05) is 0 Å². The lowest BCUT2D eigenvalue weighted by Crippen LogP contribution is -2.48. The van der Waals surface area contributed by atoms with Crippen LogP contribution in [0.4, 0.5) is 0 Å². The lowest BCUT2D eigenvalue weighted by atomic mass is 9.49. The van der Waals surface area contributed by atoms with E-state index in [4.69, 9.17) is 0 Å². The first kappa shape index (κ1) is 21.9. The van der Waals surface area contributed by atoms with Crippen LogP contribution >= 0.6 is 0 Å². The van der Waals surface area contributed by atoms with Gasteiger partial charge in [0.15, 0.2) is 0 Å². The molecule has 0 aromatic heterocycles. The molecule has 166 valence electrons. The lowest BCUT2D eigenvalue weighted by molar-refractivity contribution is -0.0381. The highest BCUT2D eigenvalue weighted by Crippen LogP contribution is 2.65. The van der Waals surface area contributed by atoms with Crippen LogP contribution in [0.1, 0.15) is 112 Å². The highest BCUT2D eigenvalue weighted by atomic mass is 16.3. The average Bonchev–Trinajstić information content (AvgIpc) is 3.03. The molecule has 3 saturated carbocycles. The summed E-state index contributed by atoms with van der Waals surface area (Å²) in [6, 6.07) is 0. The van der Waals surface area contributed by atoms with Gasteiger partial charge in [-0.1, -0.05) is 65.5 Å². The number of allylic oxidation sites excluding steroid dienone is 2. The van der Waals surface area contributed by atoms with Gasteiger partial charge in [-0.2, -0.15) is 0 Å². The molecule has 4 rings (SSSR count). The maximum absolute atomic E-state index is 10.3. The Hall–Kier alpha value is -0.300. The predicted molar refractivity (Wildman–Crippen MR) is 124 cm³/mol. The lowest BCUT2D eigenvalue weighted by Gasteiger charge is -2.56. The van der Waals surface area contributed by atoms with Crippen LogP contribution in [0.15, 0.2) is 11.1 Å². The van der Waals surface area contributed by atoms with E-state index in [2.05, 4.69) is 41.5 Å². The largest absolute Gasteiger partial charge is 0.393 e. The van der Waals surface area contributed by atoms with Gasteiger partial charge in [0.25, 0.3) is 0 Å². The summed E-state index contributed by atoms with van der Waals surface area (Å²) in [6.07, 6.45) is 14.5. The van der Waals surface area contributed by atoms with Gasteiger partial charge in [0.05, 0.1) is 6.10 Å². The summed E-state index contributed by atoms with van der Waals surface area (Å²) < 4.78 is 0. The Bertz CT molecular complexity index is 632. The number of hydrogen-bond acceptors (Lipinski definition) is 1. The molecule has 29 heavy (non-hydrogen) atoms. The molecule has 0 bridgehead atoms. The standard InChI is InChI=1S/C28H48O/c1-18(2)19(3)7-8-20(4)24-11-12-25-23-10-9-21-17-22(29)13-15-27(21,5)26(23)14-16-28(24,25)6/h18-22,24,26,29H,7-17H2,1-6H3/t19-,20+,21-,22-,24-,26-,27+,28-/m0/s1. The Morgan fingerprint density at radius 1 is 0.931 bits per heavy atom. The Labute approximate surface area is 181 Å². The van der Waals surface area contributed by atoms with Crippen LogP contribution in [0.25, 0.3) is 0 Å². The van der Waals surface area contributed by atoms with Crippen LogP contribution in [-0.2, 0) is 0 Å². The van der Waals surface area contributed by atoms with Crippen molar-refractivity contribution in [3.63, 3.8) is 0 Å². The SMILES string of the molecule is CC(C)[C@@H](C)CC[C@@H](C)[C@@H]1CCC2=C3CC[C@H]4C[C@@H](O)CC[C@@]4(C)[C@H]3CC[C@]21C. The molecule has 0 aliphatic heterocycles. The third kappa shape index (κ3) is 3.66. The summed E-state index contributed by atoms with van der Waals surface area (Å²) in [5.41, 5.74) is 4.80. The van der Waals surface area contributed by atoms with Crippen molar-refractivity contribution in [2.24, 2.45) is 46.3 Å². The van der Waals surface area contributed by atoms with Gasteiger partial charge in [-0.05, 0) is 104 Å². The van der Waals surface area contributed by atoms with Gasteiger partial charge in [0.2, 0.25) is 0 Å². The second kappa shape index (κ2) is 7.99. The molecule has 0 aromatic rings. The second-order valence-corrected chi connectivity index (χ2v) is 12.6. The van der Waals surface area contributed by atoms with Gasteiger partial charge >= 0.3 is 0 Å². The Kier molecular flexibility index (Phi) is 6.04. The zero-order valence-corrected chi connectivity index (χ0v) is 20.3. The third-order valence-corrected chi connectivity index (χ3v) is 10.9. The number of fused-ring (bicyclic) bond motifs is 4. The van der Waals surface area contributed by atoms with Gasteiger partial charge in [0.1, 0.15) is 0 Å². The van der Waals surface area contributed by atoms with Crippen molar-refractivity contribution in [2.75, 3.05) is 0 Å². The van der Waals surface area contributed by atoms with Crippen LogP contribution in [0.3, 0.4) is 0 Å². The molecule has 4 aliphatic rings. The van der Waals surface area contributed by atoms with Crippen molar-refractivity contribution in [2.45, 2.75) is 118 Å². The first-order valence-corrected chi connectivity index (χ1v) is 13.1. The first-order valence-electron chi connectivity index (χ1n) is 13.1. The van der Waals surface area contributed by atoms with Gasteiger partial charge in [-0.25, -0.2) is 0 Å². The summed E-state index contributed by atoms with van der Waals surface area (Å²) in [5, 5.41) is 10.3. The summed E-state index contributed by atoms with van der Waals surface area (Å²) in [6.45, 7) is 15.0. The fourth-order valence-electron chi connectivity index (χ4n) is 8.48. The highest BCUT2D eigenvalue weighted by Gasteiger charge is 2.55. The molecule has 0 amide bonds. The second-order valence-electron chi connectivity index (χ2n) is 12.6. The summed E-state index contributed by atoms with van der Waals surface area (Å²) in [7, 11) is 0. The van der Waals surface area contributed by atoms with Crippen molar-refractivity contribution < 1.29 is 5.11 Å². The Morgan fingerprint density at radius 3 is 2.41 bits per heavy atom. The van der Waals surface area contributed by atoms with Gasteiger partial charge in [-0.15, -0.1) is 0 Å². The quantitative estimate of drug-likeness (QED) is 0.467. The molecular weight excluding hydrogens is 352 g/mol. The molecule has 0 heterocycles. The zero-order valence-electron chi connectivity index (χ0n) is 20.3. The van der Waals surface area contributed by atoms with Crippen LogP contribution in [0.5, 0.6) is 0 Å². The molecule has 8 atom stereocenters. The van der Waals surface area contributed by atoms with Crippen molar-refractivity contribution in [1.29, 1.82) is 0 Å². The monoisotopic (exact) mass is 400 g/mol. The van der Waals surface area contributed by atoms with E-state index >= 15 is 0 Å². The smallest absolute Gasteiger partial charge is 0.0543 e. The van der Waals surface area contributed by atoms with E-state index in [9.17, 15) is 5.11 Å². The van der Waals surface area contributed by atoms with Gasteiger partial charge < -0.3 is 5.11 Å². The summed E-state index contributed by atoms with van der Waals surface area (Å²) in [4.78, 5) is 0. The first-order chi connectivity index (χ1) is 13.7. The molecule has 4 aliphatic carbocycles. The van der Waals surface area contributed by atoms with E-state index in [0.29, 0.717) is 10.8 Å². The number of aliphatic hydroxyl groups is 1. The Morgan fingerprint density at radius 2 is 1.69 bits per heavy atom. The van der Waals surface area contributed by atoms with E-state index < -0.39 is 0 Å². The maximum atomic E-state index is 10.3. The molecule has 3 fully saturated rings. The molecular formula is C28H48O. The minimum Gasteiger partial charge on any atom is -0.393 e. The van der Waals surface area contributed by atoms with Crippen molar-refractivity contribution in [3.05, 3.63) is 11.1 Å². The molecule has 1 heteroatoms. The number of hydrogen-bond donors (Lipinski definition) is 1. The third-order valence-electron chi connectivity index (χ3n) is 10.9. The topological polar surface area (TPSA) is 20.2 Å². The minimum atomic E-state index is -0.0268. The summed E-state index contributed by atoms with van der Waals surface area (Å²) in [5.74, 6) is 5.04. The molecule has 0 saturated heterocycles. The number of rotatable bonds is 5. The van der Waals surface area contributed by atoms with E-state index in [1.807, 2.05) is 11.1 Å². The van der Waals surface area contributed by atoms with E-state index in [-0.39, 0.29) is 6.10 Å². The van der Waals surface area contributed by atoms with Crippen molar-refractivity contribution in [1.82, 2.24) is 0 Å². The van der Waals surface area contributed by atoms with Crippen molar-refractivity contribution >= 4 is 0 Å². The maximum Gasteiger partial charge on any atom is 0.0543 e. The highest BCUT2D eigenvalue weighted by molar-refractivity contribution is 5.34. The molecule has 0 spiro atoms. The number of aliphatic hydroxyl groups excluding tert-OH is 1. The van der Waals surface area contributed by atoms with Crippen LogP contribution < -0.4 is 0 Å². The molecule has 1 N–H and O–H groups in total. The van der Waals surface area contributed by atoms with E-state index in [0.717, 1.165) is 48.3 Å². The minimum absolute atomic E-state index is 0.0268. The molecule has 0 radical (unpaired) electrons. The van der Waals surface area contributed by atoms with Crippen molar-refractivity contribution in [3.8, 4) is 0 Å². The molecule has 0 unspecified atom stereocenters. The predicted octanol–water partition coefficient (Wildman–Crippen LogP) is 7.78. The average molecular weight is 401 g/mol. The summed E-state index contributed by atoms with van der Waals surface area (Å²) >= 11 is 0. The van der Waals surface area contributed by atoms with Crippen LogP contribution in [0, 0.1) is 46.3 Å². The van der Waals surface area contributed by atoms with E-state index in [1.54, 1.807) is 0 Å². The normalized spacial score (nSPS) is 44.3. The zero-order chi connectivity index (χ0) is 21.0. The van der Waals surface area contributed by atoms with Crippen LogP contribution in [-0.4, -0.2) is 11.2 Å². The molecule has 0 aromatic carbocycles. The van der Waals surface area contributed by atoms with Crippen LogP contribution in [0.2, 0.25) is 0 Å². The fraction of sp³-hybridized carbons (Fsp3) is 0.929. The van der Waals surface area contributed by atoms with E-state index in [1.165, 1.54) is 57.8 Å². The molecule has 1 nitrogen and oxygen atoms in total. The van der Waals surface area contributed by atoms with Gasteiger partial charge in [-0.3, -0.25) is 0 Å². The fourth-order valence-corrected chi connectivity index (χ4v) is 8.48.